The average Bonchev–Trinajstić information content (AvgIpc) is 2.32. The second kappa shape index (κ2) is 4.02. The molecule has 1 unspecified atom stereocenters. The third kappa shape index (κ3) is 2.14. The van der Waals surface area contributed by atoms with E-state index >= 15 is 0 Å². The average molecular weight is 172 g/mol. The fraction of sp³-hybridized carbons (Fsp3) is 0.750. The Hall–Kier alpha value is -0.150. The van der Waals surface area contributed by atoms with E-state index in [9.17, 15) is 0 Å². The largest absolute Gasteiger partial charge is 0.311 e. The summed E-state index contributed by atoms with van der Waals surface area (Å²) in [5.41, 5.74) is 4.63. The van der Waals surface area contributed by atoms with Gasteiger partial charge in [0.1, 0.15) is 0 Å². The number of rotatable bonds is 3. The van der Waals surface area contributed by atoms with Crippen molar-refractivity contribution in [2.45, 2.75) is 32.1 Å². The topological polar surface area (TPSA) is 15.3 Å². The lowest BCUT2D eigenvalue weighted by molar-refractivity contribution is 0.269. The maximum absolute atomic E-state index is 4.33. The first-order valence-electron chi connectivity index (χ1n) is 4.20. The molecular formula is C8H16N2S. The molecule has 64 valence electrons. The Labute approximate surface area is 74.0 Å². The Morgan fingerprint density at radius 1 is 1.64 bits per heavy atom. The summed E-state index contributed by atoms with van der Waals surface area (Å²) in [7, 11) is 0. The minimum absolute atomic E-state index is 0.219. The molecule has 0 spiro atoms. The molecule has 3 heteroatoms. The molecule has 0 amide bonds. The van der Waals surface area contributed by atoms with E-state index in [1.807, 2.05) is 0 Å². The fourth-order valence-corrected chi connectivity index (χ4v) is 1.60. The lowest BCUT2D eigenvalue weighted by Gasteiger charge is -2.21. The molecular weight excluding hydrogens is 156 g/mol. The molecule has 0 radical (unpaired) electrons. The van der Waals surface area contributed by atoms with Gasteiger partial charge in [-0.15, -0.1) is 0 Å². The Bertz CT molecular complexity index is 156. The van der Waals surface area contributed by atoms with Crippen molar-refractivity contribution in [3.8, 4) is 0 Å². The molecule has 0 saturated heterocycles. The van der Waals surface area contributed by atoms with E-state index in [1.54, 1.807) is 0 Å². The smallest absolute Gasteiger partial charge is 0.0888 e. The van der Waals surface area contributed by atoms with Crippen molar-refractivity contribution >= 4 is 12.6 Å². The summed E-state index contributed by atoms with van der Waals surface area (Å²) in [6, 6.07) is 0. The minimum Gasteiger partial charge on any atom is -0.311 e. The molecule has 0 saturated carbocycles. The summed E-state index contributed by atoms with van der Waals surface area (Å²) in [5, 5.41) is 2.41. The Morgan fingerprint density at radius 2 is 2.36 bits per heavy atom. The molecule has 1 rings (SSSR count). The van der Waals surface area contributed by atoms with Crippen LogP contribution in [0.4, 0.5) is 0 Å². The molecule has 0 aromatic carbocycles. The van der Waals surface area contributed by atoms with Crippen LogP contribution in [0, 0.1) is 0 Å². The van der Waals surface area contributed by atoms with Gasteiger partial charge in [0, 0.05) is 12.2 Å². The predicted molar refractivity (Wildman–Crippen MR) is 51.3 cm³/mol. The molecule has 1 aliphatic rings. The van der Waals surface area contributed by atoms with Crippen molar-refractivity contribution in [2.75, 3.05) is 6.54 Å². The Kier molecular flexibility index (Phi) is 3.27. The predicted octanol–water partition coefficient (Wildman–Crippen LogP) is 1.77. The van der Waals surface area contributed by atoms with Crippen LogP contribution in [0.2, 0.25) is 0 Å². The molecule has 0 aromatic heterocycles. The number of hydrogen-bond donors (Lipinski definition) is 2. The number of hydrogen-bond acceptors (Lipinski definition) is 3. The molecule has 0 aromatic rings. The molecule has 0 bridgehead atoms. The molecule has 11 heavy (non-hydrogen) atoms. The second-order valence-electron chi connectivity index (χ2n) is 2.74. The second-order valence-corrected chi connectivity index (χ2v) is 3.29. The Morgan fingerprint density at radius 3 is 2.91 bits per heavy atom. The van der Waals surface area contributed by atoms with Crippen LogP contribution in [0.3, 0.4) is 0 Å². The van der Waals surface area contributed by atoms with Crippen molar-refractivity contribution in [3.63, 3.8) is 0 Å². The first-order valence-corrected chi connectivity index (χ1v) is 4.72. The van der Waals surface area contributed by atoms with Crippen LogP contribution in [-0.2, 0) is 0 Å². The number of allylic oxidation sites excluding steroid dienone is 1. The van der Waals surface area contributed by atoms with Crippen molar-refractivity contribution in [3.05, 3.63) is 11.8 Å². The molecule has 0 fully saturated rings. The van der Waals surface area contributed by atoms with Gasteiger partial charge in [0.2, 0.25) is 0 Å². The Balaban J connectivity index is 2.49. The lowest BCUT2D eigenvalue weighted by atomic mass is 10.3. The van der Waals surface area contributed by atoms with Gasteiger partial charge in [0.05, 0.1) is 5.37 Å². The van der Waals surface area contributed by atoms with Crippen molar-refractivity contribution in [2.24, 2.45) is 0 Å². The number of nitrogens with one attached hydrogen (secondary N) is 1. The zero-order valence-corrected chi connectivity index (χ0v) is 8.06. The highest BCUT2D eigenvalue weighted by Crippen LogP contribution is 2.16. The zero-order chi connectivity index (χ0) is 8.27. The molecule has 0 aliphatic carbocycles. The first-order chi connectivity index (χ1) is 5.27. The van der Waals surface area contributed by atoms with E-state index in [4.69, 9.17) is 0 Å². The summed E-state index contributed by atoms with van der Waals surface area (Å²) >= 11 is 4.33. The molecule has 1 aliphatic heterocycles. The van der Waals surface area contributed by atoms with Crippen LogP contribution >= 0.6 is 12.6 Å². The highest BCUT2D eigenvalue weighted by molar-refractivity contribution is 7.81. The van der Waals surface area contributed by atoms with Crippen LogP contribution in [-0.4, -0.2) is 16.9 Å². The maximum atomic E-state index is 4.33. The van der Waals surface area contributed by atoms with Crippen molar-refractivity contribution in [1.29, 1.82) is 0 Å². The summed E-state index contributed by atoms with van der Waals surface area (Å²) in [6.45, 7) is 5.43. The first kappa shape index (κ1) is 8.94. The molecule has 2 nitrogen and oxygen atoms in total. The van der Waals surface area contributed by atoms with E-state index in [2.05, 4.69) is 43.0 Å². The maximum Gasteiger partial charge on any atom is 0.0888 e. The minimum atomic E-state index is 0.219. The summed E-state index contributed by atoms with van der Waals surface area (Å²) in [6.07, 6.45) is 4.42. The van der Waals surface area contributed by atoms with Gasteiger partial charge in [0.15, 0.2) is 0 Å². The van der Waals surface area contributed by atoms with Crippen LogP contribution in [0.5, 0.6) is 0 Å². The van der Waals surface area contributed by atoms with Gasteiger partial charge in [0.25, 0.3) is 0 Å². The third-order valence-electron chi connectivity index (χ3n) is 1.79. The normalized spacial score (nSPS) is 24.1. The number of thiol groups is 1. The van der Waals surface area contributed by atoms with Gasteiger partial charge in [-0.05, 0) is 18.9 Å². The third-order valence-corrected chi connectivity index (χ3v) is 2.06. The summed E-state index contributed by atoms with van der Waals surface area (Å²) in [5.74, 6) is 0. The van der Waals surface area contributed by atoms with Crippen LogP contribution in [0.1, 0.15) is 26.7 Å². The highest BCUT2D eigenvalue weighted by atomic mass is 32.1. The fourth-order valence-electron chi connectivity index (χ4n) is 1.29. The monoisotopic (exact) mass is 172 g/mol. The van der Waals surface area contributed by atoms with Gasteiger partial charge in [-0.1, -0.05) is 13.8 Å². The zero-order valence-electron chi connectivity index (χ0n) is 7.17. The van der Waals surface area contributed by atoms with Crippen LogP contribution < -0.4 is 5.43 Å². The summed E-state index contributed by atoms with van der Waals surface area (Å²) < 4.78 is 0. The van der Waals surface area contributed by atoms with Gasteiger partial charge in [-0.25, -0.2) is 5.43 Å². The van der Waals surface area contributed by atoms with Gasteiger partial charge in [-0.3, -0.25) is 0 Å². The molecule has 1 N–H and O–H groups in total. The lowest BCUT2D eigenvalue weighted by Crippen LogP contribution is -2.35. The summed E-state index contributed by atoms with van der Waals surface area (Å²) in [4.78, 5) is 0. The molecule has 1 atom stereocenters. The van der Waals surface area contributed by atoms with Gasteiger partial charge < -0.3 is 5.01 Å². The van der Waals surface area contributed by atoms with Crippen LogP contribution in [0.25, 0.3) is 0 Å². The van der Waals surface area contributed by atoms with E-state index in [0.29, 0.717) is 0 Å². The number of hydrazine groups is 1. The van der Waals surface area contributed by atoms with Crippen molar-refractivity contribution < 1.29 is 0 Å². The van der Waals surface area contributed by atoms with Gasteiger partial charge in [-0.2, -0.15) is 12.6 Å². The molecule has 1 heterocycles. The SMILES string of the molecule is CCCN1NC(S)C=C1CC. The standard InChI is InChI=1S/C8H16N2S/c1-3-5-10-7(4-2)6-8(11)9-10/h6,8-9,11H,3-5H2,1-2H3. The van der Waals surface area contributed by atoms with E-state index in [0.717, 1.165) is 13.0 Å². The van der Waals surface area contributed by atoms with Gasteiger partial charge >= 0.3 is 0 Å². The number of nitrogens with zero attached hydrogens (tertiary/aromatic N) is 1. The van der Waals surface area contributed by atoms with E-state index < -0.39 is 0 Å². The quantitative estimate of drug-likeness (QED) is 0.631. The van der Waals surface area contributed by atoms with Crippen molar-refractivity contribution in [1.82, 2.24) is 10.4 Å². The van der Waals surface area contributed by atoms with Crippen LogP contribution in [0.15, 0.2) is 11.8 Å². The van der Waals surface area contributed by atoms with E-state index in [1.165, 1.54) is 12.1 Å². The van der Waals surface area contributed by atoms with E-state index in [-0.39, 0.29) is 5.37 Å². The highest BCUT2D eigenvalue weighted by Gasteiger charge is 2.16.